The number of hydrogen-bond acceptors (Lipinski definition) is 2. The first-order chi connectivity index (χ1) is 9.74. The first-order valence-corrected chi connectivity index (χ1v) is 6.47. The summed E-state index contributed by atoms with van der Waals surface area (Å²) < 4.78 is 2.05. The van der Waals surface area contributed by atoms with Gasteiger partial charge in [0.05, 0.1) is 6.42 Å². The van der Waals surface area contributed by atoms with Crippen LogP contribution in [0.1, 0.15) is 5.56 Å². The van der Waals surface area contributed by atoms with Gasteiger partial charge in [-0.25, -0.2) is 0 Å². The highest BCUT2D eigenvalue weighted by Gasteiger charge is 2.10. The molecule has 3 aromatic rings. The molecule has 1 aromatic carbocycles. The van der Waals surface area contributed by atoms with Crippen molar-refractivity contribution in [2.45, 2.75) is 6.42 Å². The molecule has 1 N–H and O–H groups in total. The van der Waals surface area contributed by atoms with E-state index < -0.39 is 0 Å². The molecule has 0 aliphatic carbocycles. The van der Waals surface area contributed by atoms with E-state index in [9.17, 15) is 4.79 Å². The number of aromatic nitrogens is 2. The SMILES string of the molecule is Cn1cc(CC(=O)Nc2ccncc2)c2ccccc21. The van der Waals surface area contributed by atoms with Gasteiger partial charge in [-0.05, 0) is 23.8 Å². The number of nitrogens with zero attached hydrogens (tertiary/aromatic N) is 2. The third-order valence-corrected chi connectivity index (χ3v) is 3.29. The Morgan fingerprint density at radius 1 is 1.20 bits per heavy atom. The fourth-order valence-corrected chi connectivity index (χ4v) is 2.38. The largest absolute Gasteiger partial charge is 0.350 e. The van der Waals surface area contributed by atoms with Gasteiger partial charge < -0.3 is 9.88 Å². The summed E-state index contributed by atoms with van der Waals surface area (Å²) in [6.07, 6.45) is 5.70. The number of fused-ring (bicyclic) bond motifs is 1. The van der Waals surface area contributed by atoms with E-state index in [0.29, 0.717) is 6.42 Å². The van der Waals surface area contributed by atoms with Crippen molar-refractivity contribution in [1.29, 1.82) is 0 Å². The molecule has 4 nitrogen and oxygen atoms in total. The summed E-state index contributed by atoms with van der Waals surface area (Å²) in [6.45, 7) is 0. The lowest BCUT2D eigenvalue weighted by Crippen LogP contribution is -2.14. The van der Waals surface area contributed by atoms with Crippen LogP contribution in [0.25, 0.3) is 10.9 Å². The van der Waals surface area contributed by atoms with Gasteiger partial charge in [0.2, 0.25) is 5.91 Å². The average molecular weight is 265 g/mol. The molecular formula is C16H15N3O. The Balaban J connectivity index is 1.81. The van der Waals surface area contributed by atoms with Gasteiger partial charge in [0.25, 0.3) is 0 Å². The van der Waals surface area contributed by atoms with Crippen LogP contribution < -0.4 is 5.32 Å². The minimum Gasteiger partial charge on any atom is -0.350 e. The Morgan fingerprint density at radius 3 is 2.75 bits per heavy atom. The Labute approximate surface area is 117 Å². The van der Waals surface area contributed by atoms with Gasteiger partial charge >= 0.3 is 0 Å². The second kappa shape index (κ2) is 5.17. The molecule has 3 rings (SSSR count). The zero-order valence-electron chi connectivity index (χ0n) is 11.2. The zero-order valence-corrected chi connectivity index (χ0v) is 11.2. The van der Waals surface area contributed by atoms with E-state index in [-0.39, 0.29) is 5.91 Å². The molecular weight excluding hydrogens is 250 g/mol. The highest BCUT2D eigenvalue weighted by molar-refractivity contribution is 5.95. The quantitative estimate of drug-likeness (QED) is 0.791. The summed E-state index contributed by atoms with van der Waals surface area (Å²) in [5.74, 6) is -0.0208. The molecule has 0 aliphatic rings. The summed E-state index contributed by atoms with van der Waals surface area (Å²) in [7, 11) is 1.99. The van der Waals surface area contributed by atoms with Crippen LogP contribution >= 0.6 is 0 Å². The van der Waals surface area contributed by atoms with Crippen molar-refractivity contribution in [1.82, 2.24) is 9.55 Å². The van der Waals surface area contributed by atoms with Gasteiger partial charge in [-0.2, -0.15) is 0 Å². The van der Waals surface area contributed by atoms with E-state index in [1.165, 1.54) is 0 Å². The van der Waals surface area contributed by atoms with Gasteiger partial charge in [-0.3, -0.25) is 9.78 Å². The Kier molecular flexibility index (Phi) is 3.21. The second-order valence-electron chi connectivity index (χ2n) is 4.74. The molecule has 0 atom stereocenters. The number of hydrogen-bond donors (Lipinski definition) is 1. The molecule has 0 saturated carbocycles. The molecule has 100 valence electrons. The molecule has 4 heteroatoms. The molecule has 2 heterocycles. The number of para-hydroxylation sites is 1. The number of carbonyl (C=O) groups excluding carboxylic acids is 1. The molecule has 0 radical (unpaired) electrons. The lowest BCUT2D eigenvalue weighted by molar-refractivity contribution is -0.115. The van der Waals surface area contributed by atoms with E-state index in [1.807, 2.05) is 36.0 Å². The van der Waals surface area contributed by atoms with Crippen molar-refractivity contribution in [2.24, 2.45) is 7.05 Å². The van der Waals surface area contributed by atoms with Gasteiger partial charge in [-0.15, -0.1) is 0 Å². The van der Waals surface area contributed by atoms with Crippen LogP contribution in [-0.4, -0.2) is 15.5 Å². The molecule has 0 saturated heterocycles. The third-order valence-electron chi connectivity index (χ3n) is 3.29. The molecule has 0 spiro atoms. The lowest BCUT2D eigenvalue weighted by Gasteiger charge is -2.03. The van der Waals surface area contributed by atoms with Crippen LogP contribution in [0, 0.1) is 0 Å². The first kappa shape index (κ1) is 12.4. The monoisotopic (exact) mass is 265 g/mol. The maximum absolute atomic E-state index is 12.1. The smallest absolute Gasteiger partial charge is 0.228 e. The van der Waals surface area contributed by atoms with Crippen LogP contribution in [0.3, 0.4) is 0 Å². The van der Waals surface area contributed by atoms with E-state index >= 15 is 0 Å². The van der Waals surface area contributed by atoms with Gasteiger partial charge in [0, 0.05) is 42.2 Å². The van der Waals surface area contributed by atoms with Gasteiger partial charge in [-0.1, -0.05) is 18.2 Å². The van der Waals surface area contributed by atoms with Crippen molar-refractivity contribution in [3.63, 3.8) is 0 Å². The average Bonchev–Trinajstić information content (AvgIpc) is 2.77. The normalized spacial score (nSPS) is 10.7. The predicted molar refractivity (Wildman–Crippen MR) is 79.5 cm³/mol. The standard InChI is InChI=1S/C16H15N3O/c1-19-11-12(14-4-2-3-5-15(14)19)10-16(20)18-13-6-8-17-9-7-13/h2-9,11H,10H2,1H3,(H,17,18,20). The van der Waals surface area contributed by atoms with Gasteiger partial charge in [0.15, 0.2) is 0 Å². The molecule has 0 unspecified atom stereocenters. The highest BCUT2D eigenvalue weighted by atomic mass is 16.1. The Hall–Kier alpha value is -2.62. The number of carbonyl (C=O) groups is 1. The van der Waals surface area contributed by atoms with Crippen LogP contribution in [-0.2, 0) is 18.3 Å². The van der Waals surface area contributed by atoms with Gasteiger partial charge in [0.1, 0.15) is 0 Å². The summed E-state index contributed by atoms with van der Waals surface area (Å²) in [5, 5.41) is 4.00. The van der Waals surface area contributed by atoms with Crippen molar-refractivity contribution < 1.29 is 4.79 Å². The molecule has 20 heavy (non-hydrogen) atoms. The van der Waals surface area contributed by atoms with E-state index in [1.54, 1.807) is 24.5 Å². The van der Waals surface area contributed by atoms with Crippen LogP contribution in [0.5, 0.6) is 0 Å². The minimum atomic E-state index is -0.0208. The summed E-state index contributed by atoms with van der Waals surface area (Å²) >= 11 is 0. The number of rotatable bonds is 3. The number of benzene rings is 1. The van der Waals surface area contributed by atoms with Crippen molar-refractivity contribution >= 4 is 22.5 Å². The fraction of sp³-hybridized carbons (Fsp3) is 0.125. The van der Waals surface area contributed by atoms with Crippen LogP contribution in [0.2, 0.25) is 0 Å². The van der Waals surface area contributed by atoms with Crippen LogP contribution in [0.15, 0.2) is 55.0 Å². The molecule has 2 aromatic heterocycles. The van der Waals surface area contributed by atoms with Crippen molar-refractivity contribution in [2.75, 3.05) is 5.32 Å². The summed E-state index contributed by atoms with van der Waals surface area (Å²) in [6, 6.07) is 11.7. The highest BCUT2D eigenvalue weighted by Crippen LogP contribution is 2.21. The molecule has 0 aliphatic heterocycles. The zero-order chi connectivity index (χ0) is 13.9. The lowest BCUT2D eigenvalue weighted by atomic mass is 10.1. The number of nitrogens with one attached hydrogen (secondary N) is 1. The Morgan fingerprint density at radius 2 is 1.95 bits per heavy atom. The topological polar surface area (TPSA) is 46.9 Å². The summed E-state index contributed by atoms with van der Waals surface area (Å²) in [5.41, 5.74) is 2.94. The minimum absolute atomic E-state index is 0.0208. The third kappa shape index (κ3) is 2.40. The second-order valence-corrected chi connectivity index (χ2v) is 4.74. The summed E-state index contributed by atoms with van der Waals surface area (Å²) in [4.78, 5) is 16.0. The fourth-order valence-electron chi connectivity index (χ4n) is 2.38. The number of anilines is 1. The number of amides is 1. The molecule has 0 fully saturated rings. The first-order valence-electron chi connectivity index (χ1n) is 6.47. The predicted octanol–water partition coefficient (Wildman–Crippen LogP) is 2.75. The maximum Gasteiger partial charge on any atom is 0.228 e. The van der Waals surface area contributed by atoms with Crippen molar-refractivity contribution in [3.8, 4) is 0 Å². The number of pyridine rings is 1. The van der Waals surface area contributed by atoms with Crippen LogP contribution in [0.4, 0.5) is 5.69 Å². The molecule has 0 bridgehead atoms. The van der Waals surface area contributed by atoms with E-state index in [4.69, 9.17) is 0 Å². The number of aryl methyl sites for hydroxylation is 1. The maximum atomic E-state index is 12.1. The molecule has 1 amide bonds. The van der Waals surface area contributed by atoms with E-state index in [2.05, 4.69) is 16.4 Å². The Bertz CT molecular complexity index is 747. The van der Waals surface area contributed by atoms with E-state index in [0.717, 1.165) is 22.2 Å². The van der Waals surface area contributed by atoms with Crippen molar-refractivity contribution in [3.05, 3.63) is 60.6 Å².